The van der Waals surface area contributed by atoms with E-state index in [9.17, 15) is 4.79 Å². The molecule has 0 aliphatic carbocycles. The van der Waals surface area contributed by atoms with Crippen LogP contribution in [-0.2, 0) is 0 Å². The Morgan fingerprint density at radius 2 is 2.00 bits per heavy atom. The number of hydrogen-bond acceptors (Lipinski definition) is 2. The van der Waals surface area contributed by atoms with Gasteiger partial charge < -0.3 is 4.74 Å². The average Bonchev–Trinajstić information content (AvgIpc) is 2.25. The van der Waals surface area contributed by atoms with Crippen LogP contribution in [0.3, 0.4) is 0 Å². The number of carbonyl (C=O) groups is 1. The van der Waals surface area contributed by atoms with Gasteiger partial charge in [0.2, 0.25) is 0 Å². The van der Waals surface area contributed by atoms with Crippen molar-refractivity contribution in [2.75, 3.05) is 7.11 Å². The number of benzene rings is 1. The van der Waals surface area contributed by atoms with E-state index < -0.39 is 8.07 Å². The zero-order chi connectivity index (χ0) is 12.2. The molecule has 0 saturated carbocycles. The van der Waals surface area contributed by atoms with Crippen LogP contribution in [0, 0.1) is 11.5 Å². The van der Waals surface area contributed by atoms with Crippen molar-refractivity contribution in [3.63, 3.8) is 0 Å². The second-order valence-electron chi connectivity index (χ2n) is 4.58. The zero-order valence-corrected chi connectivity index (χ0v) is 11.1. The third-order valence-electron chi connectivity index (χ3n) is 1.93. The normalized spacial score (nSPS) is 10.2. The summed E-state index contributed by atoms with van der Waals surface area (Å²) < 4.78 is 5.21. The molecule has 0 saturated heterocycles. The van der Waals surface area contributed by atoms with Crippen LogP contribution in [0.25, 0.3) is 0 Å². The van der Waals surface area contributed by atoms with Gasteiger partial charge in [0.05, 0.1) is 12.7 Å². The van der Waals surface area contributed by atoms with E-state index in [0.717, 1.165) is 11.8 Å². The Hall–Kier alpha value is -1.53. The molecule has 0 amide bonds. The van der Waals surface area contributed by atoms with E-state index in [0.29, 0.717) is 11.3 Å². The summed E-state index contributed by atoms with van der Waals surface area (Å²) in [5, 5.41) is 0. The molecule has 1 rings (SSSR count). The molecule has 0 radical (unpaired) electrons. The lowest BCUT2D eigenvalue weighted by Gasteiger charge is -2.06. The first-order valence-electron chi connectivity index (χ1n) is 5.12. The molecular weight excluding hydrogens is 216 g/mol. The monoisotopic (exact) mass is 232 g/mol. The fourth-order valence-electron chi connectivity index (χ4n) is 1.14. The molecule has 1 aromatic rings. The molecule has 0 atom stereocenters. The quantitative estimate of drug-likeness (QED) is 0.445. The second-order valence-corrected chi connectivity index (χ2v) is 9.33. The number of aldehydes is 1. The molecule has 0 aliphatic heterocycles. The lowest BCUT2D eigenvalue weighted by molar-refractivity contribution is 0.112. The van der Waals surface area contributed by atoms with Gasteiger partial charge in [-0.05, 0) is 12.1 Å². The Kier molecular flexibility index (Phi) is 3.91. The summed E-state index contributed by atoms with van der Waals surface area (Å²) >= 11 is 0. The summed E-state index contributed by atoms with van der Waals surface area (Å²) in [6.07, 6.45) is 0.804. The van der Waals surface area contributed by atoms with Gasteiger partial charge in [-0.2, -0.15) is 0 Å². The maximum atomic E-state index is 10.6. The van der Waals surface area contributed by atoms with E-state index in [1.807, 2.05) is 6.07 Å². The highest BCUT2D eigenvalue weighted by molar-refractivity contribution is 6.83. The summed E-state index contributed by atoms with van der Waals surface area (Å²) in [7, 11) is 0.203. The standard InChI is InChI=1S/C13H16O2Si/c1-15-13-9-11(10-14)5-6-12(13)7-8-16(2,3)4/h5-6,9-10H,1-4H3. The topological polar surface area (TPSA) is 26.3 Å². The minimum Gasteiger partial charge on any atom is -0.495 e. The highest BCUT2D eigenvalue weighted by Crippen LogP contribution is 2.18. The van der Waals surface area contributed by atoms with Gasteiger partial charge in [0, 0.05) is 5.56 Å². The molecule has 0 heterocycles. The maximum Gasteiger partial charge on any atom is 0.150 e. The van der Waals surface area contributed by atoms with Crippen molar-refractivity contribution < 1.29 is 9.53 Å². The molecule has 0 bridgehead atoms. The molecule has 0 aliphatic rings. The summed E-state index contributed by atoms with van der Waals surface area (Å²) in [4.78, 5) is 10.6. The molecular formula is C13H16O2Si. The fourth-order valence-corrected chi connectivity index (χ4v) is 1.65. The Morgan fingerprint density at radius 1 is 1.31 bits per heavy atom. The smallest absolute Gasteiger partial charge is 0.150 e. The molecule has 0 N–H and O–H groups in total. The van der Waals surface area contributed by atoms with Gasteiger partial charge in [0.1, 0.15) is 20.1 Å². The van der Waals surface area contributed by atoms with Gasteiger partial charge in [-0.25, -0.2) is 0 Å². The van der Waals surface area contributed by atoms with Crippen molar-refractivity contribution in [1.82, 2.24) is 0 Å². The van der Waals surface area contributed by atoms with Gasteiger partial charge in [-0.15, -0.1) is 5.54 Å². The molecule has 3 heteroatoms. The molecule has 0 fully saturated rings. The number of ether oxygens (including phenoxy) is 1. The van der Waals surface area contributed by atoms with Crippen molar-refractivity contribution in [3.05, 3.63) is 29.3 Å². The van der Waals surface area contributed by atoms with Crippen LogP contribution in [-0.4, -0.2) is 21.5 Å². The third kappa shape index (κ3) is 3.56. The van der Waals surface area contributed by atoms with Crippen LogP contribution in [0.15, 0.2) is 18.2 Å². The Morgan fingerprint density at radius 3 is 2.50 bits per heavy atom. The average molecular weight is 232 g/mol. The predicted molar refractivity (Wildman–Crippen MR) is 68.6 cm³/mol. The Bertz CT molecular complexity index is 447. The van der Waals surface area contributed by atoms with Crippen molar-refractivity contribution in [2.24, 2.45) is 0 Å². The van der Waals surface area contributed by atoms with E-state index in [1.54, 1.807) is 19.2 Å². The highest BCUT2D eigenvalue weighted by atomic mass is 28.3. The largest absolute Gasteiger partial charge is 0.495 e. The molecule has 84 valence electrons. The maximum absolute atomic E-state index is 10.6. The van der Waals surface area contributed by atoms with Crippen LogP contribution >= 0.6 is 0 Å². The Balaban J connectivity index is 3.13. The van der Waals surface area contributed by atoms with E-state index in [4.69, 9.17) is 4.74 Å². The van der Waals surface area contributed by atoms with Crippen molar-refractivity contribution in [1.29, 1.82) is 0 Å². The molecule has 0 unspecified atom stereocenters. The lowest BCUT2D eigenvalue weighted by atomic mass is 10.1. The van der Waals surface area contributed by atoms with Crippen molar-refractivity contribution in [2.45, 2.75) is 19.6 Å². The van der Waals surface area contributed by atoms with Gasteiger partial charge in [0.25, 0.3) is 0 Å². The third-order valence-corrected chi connectivity index (χ3v) is 2.81. The molecule has 2 nitrogen and oxygen atoms in total. The molecule has 1 aromatic carbocycles. The van der Waals surface area contributed by atoms with Crippen LogP contribution in [0.4, 0.5) is 0 Å². The van der Waals surface area contributed by atoms with Gasteiger partial charge in [-0.3, -0.25) is 4.79 Å². The summed E-state index contributed by atoms with van der Waals surface area (Å²) in [5.74, 6) is 3.79. The fraction of sp³-hybridized carbons (Fsp3) is 0.308. The minimum absolute atomic E-state index is 0.607. The van der Waals surface area contributed by atoms with Crippen LogP contribution < -0.4 is 4.74 Å². The van der Waals surface area contributed by atoms with E-state index in [1.165, 1.54) is 0 Å². The zero-order valence-electron chi connectivity index (χ0n) is 10.1. The summed E-state index contributed by atoms with van der Waals surface area (Å²) in [6, 6.07) is 5.29. The first kappa shape index (κ1) is 12.5. The lowest BCUT2D eigenvalue weighted by Crippen LogP contribution is -2.16. The molecule has 0 spiro atoms. The highest BCUT2D eigenvalue weighted by Gasteiger charge is 2.08. The number of carbonyl (C=O) groups excluding carboxylic acids is 1. The van der Waals surface area contributed by atoms with Crippen molar-refractivity contribution in [3.8, 4) is 17.2 Å². The summed E-state index contributed by atoms with van der Waals surface area (Å²) in [5.41, 5.74) is 4.72. The van der Waals surface area contributed by atoms with Crippen molar-refractivity contribution >= 4 is 14.4 Å². The number of rotatable bonds is 2. The molecule has 0 aromatic heterocycles. The predicted octanol–water partition coefficient (Wildman–Crippen LogP) is 2.74. The number of hydrogen-bond donors (Lipinski definition) is 0. The first-order valence-corrected chi connectivity index (χ1v) is 8.62. The van der Waals surface area contributed by atoms with Crippen LogP contribution in [0.5, 0.6) is 5.75 Å². The van der Waals surface area contributed by atoms with Gasteiger partial charge in [0.15, 0.2) is 0 Å². The SMILES string of the molecule is COc1cc(C=O)ccc1C#C[Si](C)(C)C. The van der Waals surface area contributed by atoms with E-state index in [2.05, 4.69) is 31.1 Å². The summed E-state index contributed by atoms with van der Waals surface area (Å²) in [6.45, 7) is 6.56. The van der Waals surface area contributed by atoms with Crippen LogP contribution in [0.1, 0.15) is 15.9 Å². The van der Waals surface area contributed by atoms with E-state index in [-0.39, 0.29) is 0 Å². The molecule has 16 heavy (non-hydrogen) atoms. The van der Waals surface area contributed by atoms with Gasteiger partial charge in [-0.1, -0.05) is 31.6 Å². The van der Waals surface area contributed by atoms with Crippen LogP contribution in [0.2, 0.25) is 19.6 Å². The van der Waals surface area contributed by atoms with E-state index >= 15 is 0 Å². The Labute approximate surface area is 97.6 Å². The minimum atomic E-state index is -1.38. The first-order chi connectivity index (χ1) is 7.46. The number of methoxy groups -OCH3 is 1. The van der Waals surface area contributed by atoms with Gasteiger partial charge >= 0.3 is 0 Å². The second kappa shape index (κ2) is 5.00.